The van der Waals surface area contributed by atoms with Crippen LogP contribution in [0.15, 0.2) is 0 Å². The van der Waals surface area contributed by atoms with Crippen molar-refractivity contribution >= 4 is 11.8 Å². The Labute approximate surface area is 104 Å². The van der Waals surface area contributed by atoms with Gasteiger partial charge in [0.15, 0.2) is 0 Å². The molecular weight excluding hydrogens is 216 g/mol. The van der Waals surface area contributed by atoms with Gasteiger partial charge in [0.25, 0.3) is 0 Å². The molecule has 92 valence electrons. The molecule has 2 nitrogen and oxygen atoms in total. The second kappa shape index (κ2) is 4.87. The van der Waals surface area contributed by atoms with Crippen LogP contribution < -0.4 is 5.32 Å². The Hall–Kier alpha value is 0.270. The Morgan fingerprint density at radius 1 is 1.19 bits per heavy atom. The molecule has 3 heteroatoms. The van der Waals surface area contributed by atoms with Gasteiger partial charge >= 0.3 is 0 Å². The average molecular weight is 240 g/mol. The lowest BCUT2D eigenvalue weighted by Gasteiger charge is -2.26. The van der Waals surface area contributed by atoms with Crippen molar-refractivity contribution in [3.8, 4) is 0 Å². The van der Waals surface area contributed by atoms with Gasteiger partial charge in [-0.05, 0) is 62.4 Å². The van der Waals surface area contributed by atoms with Gasteiger partial charge in [0, 0.05) is 18.8 Å². The molecule has 1 atom stereocenters. The maximum absolute atomic E-state index is 3.50. The number of rotatable bonds is 2. The molecule has 3 aliphatic rings. The molecule has 1 spiro atoms. The maximum Gasteiger partial charge on any atom is 0.00725 e. The molecule has 16 heavy (non-hydrogen) atoms. The minimum atomic E-state index is 0.782. The van der Waals surface area contributed by atoms with E-state index in [1.807, 2.05) is 0 Å². The van der Waals surface area contributed by atoms with E-state index in [-0.39, 0.29) is 0 Å². The maximum atomic E-state index is 3.50. The van der Waals surface area contributed by atoms with Crippen LogP contribution in [0.3, 0.4) is 0 Å². The number of thioether (sulfide) groups is 1. The lowest BCUT2D eigenvalue weighted by Crippen LogP contribution is -2.33. The van der Waals surface area contributed by atoms with Crippen LogP contribution in [0.2, 0.25) is 0 Å². The van der Waals surface area contributed by atoms with Crippen molar-refractivity contribution in [1.82, 2.24) is 10.2 Å². The summed E-state index contributed by atoms with van der Waals surface area (Å²) < 4.78 is 0. The van der Waals surface area contributed by atoms with Crippen molar-refractivity contribution in [2.75, 3.05) is 44.2 Å². The quantitative estimate of drug-likeness (QED) is 0.792. The van der Waals surface area contributed by atoms with Crippen LogP contribution in [-0.4, -0.2) is 49.1 Å². The van der Waals surface area contributed by atoms with Crippen LogP contribution in [0.4, 0.5) is 0 Å². The summed E-state index contributed by atoms with van der Waals surface area (Å²) in [5.41, 5.74) is 0.782. The molecule has 0 bridgehead atoms. The average Bonchev–Trinajstić information content (AvgIpc) is 3.02. The van der Waals surface area contributed by atoms with Crippen LogP contribution in [0.25, 0.3) is 0 Å². The van der Waals surface area contributed by atoms with E-state index in [9.17, 15) is 0 Å². The Bertz CT molecular complexity index is 230. The summed E-state index contributed by atoms with van der Waals surface area (Å²) in [5, 5.41) is 3.50. The zero-order valence-corrected chi connectivity index (χ0v) is 11.0. The standard InChI is InChI=1S/C13H24N2S/c1-6-15(7-9-16-8-1)11-12-10-13(12)2-4-14-5-3-13/h12,14H,1-11H2. The second-order valence-electron chi connectivity index (χ2n) is 5.78. The summed E-state index contributed by atoms with van der Waals surface area (Å²) in [6, 6.07) is 0. The van der Waals surface area contributed by atoms with Gasteiger partial charge in [0.1, 0.15) is 0 Å². The van der Waals surface area contributed by atoms with Crippen molar-refractivity contribution in [2.45, 2.75) is 25.7 Å². The van der Waals surface area contributed by atoms with Gasteiger partial charge in [0.2, 0.25) is 0 Å². The fourth-order valence-electron chi connectivity index (χ4n) is 3.52. The number of piperidine rings is 1. The summed E-state index contributed by atoms with van der Waals surface area (Å²) in [7, 11) is 0. The summed E-state index contributed by atoms with van der Waals surface area (Å²) in [4.78, 5) is 2.74. The van der Waals surface area contributed by atoms with Crippen molar-refractivity contribution in [3.05, 3.63) is 0 Å². The highest BCUT2D eigenvalue weighted by molar-refractivity contribution is 7.99. The Morgan fingerprint density at radius 3 is 2.94 bits per heavy atom. The zero-order valence-electron chi connectivity index (χ0n) is 10.2. The summed E-state index contributed by atoms with van der Waals surface area (Å²) in [5.74, 6) is 3.79. The molecule has 0 aromatic rings. The first-order valence-electron chi connectivity index (χ1n) is 6.90. The minimum Gasteiger partial charge on any atom is -0.317 e. The molecule has 2 heterocycles. The molecule has 0 amide bonds. The van der Waals surface area contributed by atoms with Gasteiger partial charge in [-0.2, -0.15) is 11.8 Å². The van der Waals surface area contributed by atoms with E-state index in [1.165, 1.54) is 69.9 Å². The number of nitrogens with one attached hydrogen (secondary N) is 1. The van der Waals surface area contributed by atoms with E-state index in [0.717, 1.165) is 11.3 Å². The highest BCUT2D eigenvalue weighted by atomic mass is 32.2. The van der Waals surface area contributed by atoms with E-state index >= 15 is 0 Å². The van der Waals surface area contributed by atoms with E-state index in [2.05, 4.69) is 22.0 Å². The van der Waals surface area contributed by atoms with Crippen LogP contribution in [0, 0.1) is 11.3 Å². The predicted molar refractivity (Wildman–Crippen MR) is 71.0 cm³/mol. The summed E-state index contributed by atoms with van der Waals surface area (Å²) in [6.45, 7) is 6.65. The zero-order chi connectivity index (χ0) is 10.8. The van der Waals surface area contributed by atoms with Crippen molar-refractivity contribution < 1.29 is 0 Å². The fourth-order valence-corrected chi connectivity index (χ4v) is 4.44. The lowest BCUT2D eigenvalue weighted by atomic mass is 9.92. The summed E-state index contributed by atoms with van der Waals surface area (Å²) >= 11 is 2.14. The molecule has 0 aromatic carbocycles. The van der Waals surface area contributed by atoms with Gasteiger partial charge in [-0.25, -0.2) is 0 Å². The predicted octanol–water partition coefficient (Wildman–Crippen LogP) is 1.82. The van der Waals surface area contributed by atoms with E-state index in [0.29, 0.717) is 0 Å². The van der Waals surface area contributed by atoms with E-state index in [4.69, 9.17) is 0 Å². The SMILES string of the molecule is C1CSCCN(CC2CC23CCNCC3)C1. The summed E-state index contributed by atoms with van der Waals surface area (Å²) in [6.07, 6.45) is 5.82. The van der Waals surface area contributed by atoms with E-state index in [1.54, 1.807) is 0 Å². The monoisotopic (exact) mass is 240 g/mol. The first-order valence-corrected chi connectivity index (χ1v) is 8.05. The largest absolute Gasteiger partial charge is 0.317 e. The highest BCUT2D eigenvalue weighted by Gasteiger charge is 2.53. The van der Waals surface area contributed by atoms with Gasteiger partial charge in [-0.1, -0.05) is 0 Å². The first kappa shape index (κ1) is 11.4. The molecular formula is C13H24N2S. The van der Waals surface area contributed by atoms with Crippen molar-refractivity contribution in [3.63, 3.8) is 0 Å². The third kappa shape index (κ3) is 2.41. The Balaban J connectivity index is 1.48. The van der Waals surface area contributed by atoms with Crippen molar-refractivity contribution in [1.29, 1.82) is 0 Å². The number of hydrogen-bond donors (Lipinski definition) is 1. The van der Waals surface area contributed by atoms with Crippen LogP contribution in [-0.2, 0) is 0 Å². The van der Waals surface area contributed by atoms with Crippen LogP contribution >= 0.6 is 11.8 Å². The molecule has 1 saturated carbocycles. The third-order valence-corrected chi connectivity index (χ3v) is 5.80. The molecule has 2 saturated heterocycles. The Kier molecular flexibility index (Phi) is 3.46. The highest BCUT2D eigenvalue weighted by Crippen LogP contribution is 2.58. The van der Waals surface area contributed by atoms with Gasteiger partial charge in [-0.15, -0.1) is 0 Å². The molecule has 2 aliphatic heterocycles. The number of hydrogen-bond acceptors (Lipinski definition) is 3. The molecule has 1 unspecified atom stereocenters. The van der Waals surface area contributed by atoms with Crippen LogP contribution in [0.1, 0.15) is 25.7 Å². The third-order valence-electron chi connectivity index (χ3n) is 4.75. The van der Waals surface area contributed by atoms with E-state index < -0.39 is 0 Å². The smallest absolute Gasteiger partial charge is 0.00725 e. The van der Waals surface area contributed by atoms with Gasteiger partial charge in [-0.3, -0.25) is 0 Å². The van der Waals surface area contributed by atoms with Crippen molar-refractivity contribution in [2.24, 2.45) is 11.3 Å². The fraction of sp³-hybridized carbons (Fsp3) is 1.00. The number of nitrogens with zero attached hydrogens (tertiary/aromatic N) is 1. The minimum absolute atomic E-state index is 0.782. The Morgan fingerprint density at radius 2 is 2.06 bits per heavy atom. The normalized spacial score (nSPS) is 34.9. The molecule has 1 aliphatic carbocycles. The molecule has 3 fully saturated rings. The topological polar surface area (TPSA) is 15.3 Å². The molecule has 0 radical (unpaired) electrons. The molecule has 0 aromatic heterocycles. The molecule has 3 rings (SSSR count). The van der Waals surface area contributed by atoms with Crippen LogP contribution in [0.5, 0.6) is 0 Å². The molecule has 1 N–H and O–H groups in total. The first-order chi connectivity index (χ1) is 7.89. The van der Waals surface area contributed by atoms with Gasteiger partial charge < -0.3 is 10.2 Å². The lowest BCUT2D eigenvalue weighted by molar-refractivity contribution is 0.241. The second-order valence-corrected chi connectivity index (χ2v) is 7.00. The van der Waals surface area contributed by atoms with Gasteiger partial charge in [0.05, 0.1) is 0 Å².